The number of nitrogens with one attached hydrogen (secondary N) is 1. The zero-order valence-corrected chi connectivity index (χ0v) is 13.4. The van der Waals surface area contributed by atoms with E-state index in [4.69, 9.17) is 9.84 Å². The van der Waals surface area contributed by atoms with E-state index in [1.54, 1.807) is 4.90 Å². The molecule has 0 saturated carbocycles. The molecule has 2 N–H and O–H groups in total. The number of nitrogens with zero attached hydrogens (tertiary/aromatic N) is 1. The zero-order chi connectivity index (χ0) is 16.7. The fraction of sp³-hybridized carbons (Fsp3) is 0.529. The van der Waals surface area contributed by atoms with E-state index in [-0.39, 0.29) is 24.6 Å². The monoisotopic (exact) mass is 320 g/mol. The lowest BCUT2D eigenvalue weighted by Gasteiger charge is -2.32. The molecule has 1 heterocycles. The van der Waals surface area contributed by atoms with E-state index < -0.39 is 5.97 Å². The number of carboxylic acids is 1. The number of urea groups is 1. The van der Waals surface area contributed by atoms with Gasteiger partial charge in [0.15, 0.2) is 0 Å². The summed E-state index contributed by atoms with van der Waals surface area (Å²) >= 11 is 0. The van der Waals surface area contributed by atoms with Crippen molar-refractivity contribution in [1.29, 1.82) is 0 Å². The van der Waals surface area contributed by atoms with Gasteiger partial charge in [0.25, 0.3) is 0 Å². The zero-order valence-electron chi connectivity index (χ0n) is 13.4. The fourth-order valence-corrected chi connectivity index (χ4v) is 2.69. The molecule has 0 spiro atoms. The summed E-state index contributed by atoms with van der Waals surface area (Å²) in [5, 5.41) is 11.9. The van der Waals surface area contributed by atoms with Gasteiger partial charge in [-0.2, -0.15) is 0 Å². The topological polar surface area (TPSA) is 78.9 Å². The van der Waals surface area contributed by atoms with Crippen LogP contribution >= 0.6 is 0 Å². The van der Waals surface area contributed by atoms with E-state index in [1.165, 1.54) is 0 Å². The molecule has 1 aliphatic heterocycles. The molecular formula is C17H24N2O4. The van der Waals surface area contributed by atoms with Gasteiger partial charge in [0.05, 0.1) is 12.7 Å². The first-order valence-corrected chi connectivity index (χ1v) is 7.97. The third-order valence-corrected chi connectivity index (χ3v) is 3.89. The van der Waals surface area contributed by atoms with Crippen LogP contribution in [0.3, 0.4) is 0 Å². The van der Waals surface area contributed by atoms with Crippen molar-refractivity contribution >= 4 is 12.0 Å². The SMILES string of the molecule is C[C@H]1CN(C(=O)NC(CCC(=O)O)Cc2ccccc2)CCO1. The van der Waals surface area contributed by atoms with Gasteiger partial charge in [-0.1, -0.05) is 30.3 Å². The summed E-state index contributed by atoms with van der Waals surface area (Å²) in [6.45, 7) is 3.59. The maximum Gasteiger partial charge on any atom is 0.317 e. The summed E-state index contributed by atoms with van der Waals surface area (Å²) in [4.78, 5) is 25.0. The number of carbonyl (C=O) groups excluding carboxylic acids is 1. The van der Waals surface area contributed by atoms with Crippen LogP contribution in [0.25, 0.3) is 0 Å². The van der Waals surface area contributed by atoms with Gasteiger partial charge in [-0.25, -0.2) is 4.79 Å². The summed E-state index contributed by atoms with van der Waals surface area (Å²) in [7, 11) is 0. The highest BCUT2D eigenvalue weighted by Gasteiger charge is 2.23. The second-order valence-corrected chi connectivity index (χ2v) is 5.90. The molecule has 0 aromatic heterocycles. The van der Waals surface area contributed by atoms with Gasteiger partial charge in [-0.05, 0) is 25.3 Å². The number of benzene rings is 1. The largest absolute Gasteiger partial charge is 0.481 e. The van der Waals surface area contributed by atoms with Gasteiger partial charge in [0, 0.05) is 25.6 Å². The standard InChI is InChI=1S/C17H24N2O4/c1-13-12-19(9-10-23-13)17(22)18-15(7-8-16(20)21)11-14-5-3-2-4-6-14/h2-6,13,15H,7-12H2,1H3,(H,18,22)(H,20,21)/t13-,15?/m0/s1. The van der Waals surface area contributed by atoms with Crippen LogP contribution < -0.4 is 5.32 Å². The lowest BCUT2D eigenvalue weighted by atomic mass is 10.0. The average molecular weight is 320 g/mol. The van der Waals surface area contributed by atoms with Crippen LogP contribution in [0, 0.1) is 0 Å². The van der Waals surface area contributed by atoms with Gasteiger partial charge in [0.1, 0.15) is 0 Å². The van der Waals surface area contributed by atoms with Gasteiger partial charge in [-0.3, -0.25) is 4.79 Å². The molecule has 2 rings (SSSR count). The van der Waals surface area contributed by atoms with Crippen LogP contribution in [0.4, 0.5) is 4.79 Å². The first-order valence-electron chi connectivity index (χ1n) is 7.97. The molecule has 1 unspecified atom stereocenters. The van der Waals surface area contributed by atoms with Crippen LogP contribution in [-0.2, 0) is 16.0 Å². The number of aliphatic carboxylic acids is 1. The van der Waals surface area contributed by atoms with Crippen LogP contribution in [0.1, 0.15) is 25.3 Å². The lowest BCUT2D eigenvalue weighted by molar-refractivity contribution is -0.137. The lowest BCUT2D eigenvalue weighted by Crippen LogP contribution is -2.51. The van der Waals surface area contributed by atoms with Crippen molar-refractivity contribution in [2.24, 2.45) is 0 Å². The van der Waals surface area contributed by atoms with Gasteiger partial charge >= 0.3 is 12.0 Å². The number of ether oxygens (including phenoxy) is 1. The van der Waals surface area contributed by atoms with Crippen LogP contribution in [0.5, 0.6) is 0 Å². The average Bonchev–Trinajstić information content (AvgIpc) is 2.53. The van der Waals surface area contributed by atoms with Crippen molar-refractivity contribution in [2.75, 3.05) is 19.7 Å². The maximum atomic E-state index is 12.4. The molecule has 1 saturated heterocycles. The molecule has 126 valence electrons. The third-order valence-electron chi connectivity index (χ3n) is 3.89. The van der Waals surface area contributed by atoms with Gasteiger partial charge in [-0.15, -0.1) is 0 Å². The summed E-state index contributed by atoms with van der Waals surface area (Å²) < 4.78 is 5.44. The molecule has 6 nitrogen and oxygen atoms in total. The smallest absolute Gasteiger partial charge is 0.317 e. The Hall–Kier alpha value is -2.08. The molecule has 1 aromatic rings. The maximum absolute atomic E-state index is 12.4. The van der Waals surface area contributed by atoms with Crippen LogP contribution in [0.2, 0.25) is 0 Å². The fourth-order valence-electron chi connectivity index (χ4n) is 2.69. The van der Waals surface area contributed by atoms with Crippen molar-refractivity contribution in [3.63, 3.8) is 0 Å². The first-order chi connectivity index (χ1) is 11.0. The Balaban J connectivity index is 1.95. The normalized spacial score (nSPS) is 19.2. The Morgan fingerprint density at radius 1 is 1.39 bits per heavy atom. The third kappa shape index (κ3) is 5.90. The van der Waals surface area contributed by atoms with Crippen LogP contribution in [0.15, 0.2) is 30.3 Å². The predicted octanol–water partition coefficient (Wildman–Crippen LogP) is 1.89. The molecule has 1 fully saturated rings. The van der Waals surface area contributed by atoms with Crippen molar-refractivity contribution in [3.8, 4) is 0 Å². The number of hydrogen-bond acceptors (Lipinski definition) is 3. The Morgan fingerprint density at radius 2 is 2.13 bits per heavy atom. The minimum Gasteiger partial charge on any atom is -0.481 e. The number of carboxylic acid groups (broad SMARTS) is 1. The number of amides is 2. The second kappa shape index (κ2) is 8.53. The number of carbonyl (C=O) groups is 2. The van der Waals surface area contributed by atoms with E-state index >= 15 is 0 Å². The molecule has 0 radical (unpaired) electrons. The van der Waals surface area contributed by atoms with Gasteiger partial charge < -0.3 is 20.1 Å². The summed E-state index contributed by atoms with van der Waals surface area (Å²) in [6, 6.07) is 9.44. The summed E-state index contributed by atoms with van der Waals surface area (Å²) in [5.74, 6) is -0.850. The van der Waals surface area contributed by atoms with E-state index in [9.17, 15) is 9.59 Å². The molecule has 23 heavy (non-hydrogen) atoms. The minimum atomic E-state index is -0.850. The molecule has 1 aliphatic rings. The second-order valence-electron chi connectivity index (χ2n) is 5.90. The summed E-state index contributed by atoms with van der Waals surface area (Å²) in [6.07, 6.45) is 1.11. The summed E-state index contributed by atoms with van der Waals surface area (Å²) in [5.41, 5.74) is 1.08. The highest BCUT2D eigenvalue weighted by molar-refractivity contribution is 5.75. The molecule has 0 bridgehead atoms. The minimum absolute atomic E-state index is 0.0288. The van der Waals surface area contributed by atoms with Crippen molar-refractivity contribution in [3.05, 3.63) is 35.9 Å². The molecular weight excluding hydrogens is 296 g/mol. The van der Waals surface area contributed by atoms with Crippen molar-refractivity contribution < 1.29 is 19.4 Å². The molecule has 6 heteroatoms. The van der Waals surface area contributed by atoms with Crippen LogP contribution in [-0.4, -0.2) is 53.8 Å². The number of hydrogen-bond donors (Lipinski definition) is 2. The van der Waals surface area contributed by atoms with E-state index in [1.807, 2.05) is 37.3 Å². The first kappa shape index (κ1) is 17.3. The van der Waals surface area contributed by atoms with Crippen molar-refractivity contribution in [1.82, 2.24) is 10.2 Å². The van der Waals surface area contributed by atoms with E-state index in [2.05, 4.69) is 5.32 Å². The molecule has 1 aromatic carbocycles. The Morgan fingerprint density at radius 3 is 2.78 bits per heavy atom. The predicted molar refractivity (Wildman–Crippen MR) is 86.3 cm³/mol. The quantitative estimate of drug-likeness (QED) is 0.839. The molecule has 2 amide bonds. The Kier molecular flexibility index (Phi) is 6.40. The number of rotatable bonds is 6. The molecule has 0 aliphatic carbocycles. The van der Waals surface area contributed by atoms with E-state index in [0.717, 1.165) is 5.56 Å². The van der Waals surface area contributed by atoms with Crippen molar-refractivity contribution in [2.45, 2.75) is 38.3 Å². The Labute approximate surface area is 136 Å². The number of morpholine rings is 1. The highest BCUT2D eigenvalue weighted by atomic mass is 16.5. The molecule has 2 atom stereocenters. The highest BCUT2D eigenvalue weighted by Crippen LogP contribution is 2.10. The Bertz CT molecular complexity index is 521. The van der Waals surface area contributed by atoms with Gasteiger partial charge in [0.2, 0.25) is 0 Å². The van der Waals surface area contributed by atoms with E-state index in [0.29, 0.717) is 32.5 Å².